The van der Waals surface area contributed by atoms with Crippen molar-refractivity contribution in [3.63, 3.8) is 0 Å². The number of aromatic nitrogens is 4. The van der Waals surface area contributed by atoms with Crippen LogP contribution in [0.2, 0.25) is 5.15 Å². The zero-order chi connectivity index (χ0) is 12.5. The lowest BCUT2D eigenvalue weighted by Crippen LogP contribution is -2.05. The van der Waals surface area contributed by atoms with Crippen molar-refractivity contribution in [1.29, 1.82) is 0 Å². The van der Waals surface area contributed by atoms with E-state index < -0.39 is 0 Å². The summed E-state index contributed by atoms with van der Waals surface area (Å²) in [6.45, 7) is 2.11. The van der Waals surface area contributed by atoms with E-state index in [1.165, 1.54) is 10.8 Å². The molecule has 0 fully saturated rings. The lowest BCUT2D eigenvalue weighted by Gasteiger charge is -2.09. The Balaban J connectivity index is 1.99. The Morgan fingerprint density at radius 2 is 2.39 bits per heavy atom. The fourth-order valence-corrected chi connectivity index (χ4v) is 1.73. The zero-order valence-corrected chi connectivity index (χ0v) is 10.3. The van der Waals surface area contributed by atoms with Crippen LogP contribution in [0, 0.1) is 6.92 Å². The first kappa shape index (κ1) is 11.0. The van der Waals surface area contributed by atoms with Gasteiger partial charge >= 0.3 is 0 Å². The smallest absolute Gasteiger partial charge is 0.256 e. The minimum absolute atomic E-state index is 0.295. The summed E-state index contributed by atoms with van der Waals surface area (Å²) in [5.41, 5.74) is 0.709. The summed E-state index contributed by atoms with van der Waals surface area (Å²) >= 11 is 6.01. The highest BCUT2D eigenvalue weighted by Gasteiger charge is 2.13. The number of halogens is 1. The molecule has 7 heteroatoms. The second-order valence-corrected chi connectivity index (χ2v) is 4.03. The van der Waals surface area contributed by atoms with E-state index in [0.29, 0.717) is 29.0 Å². The quantitative estimate of drug-likeness (QED) is 0.679. The van der Waals surface area contributed by atoms with Gasteiger partial charge in [0.05, 0.1) is 6.26 Å². The van der Waals surface area contributed by atoms with Gasteiger partial charge in [-0.15, -0.1) is 0 Å². The van der Waals surface area contributed by atoms with Gasteiger partial charge in [-0.2, -0.15) is 19.6 Å². The topological polar surface area (TPSA) is 65.5 Å². The lowest BCUT2D eigenvalue weighted by atomic mass is 10.4. The molecule has 0 saturated heterocycles. The standard InChI is InChI=1S/C11H9ClN4O2/c1-7-9(12)15-11-13-6-14-16(11)10(7)18-5-8-3-2-4-17-8/h2-4,6H,5H2,1H3. The number of fused-ring (bicyclic) bond motifs is 1. The van der Waals surface area contributed by atoms with Gasteiger partial charge in [0, 0.05) is 5.56 Å². The highest BCUT2D eigenvalue weighted by atomic mass is 35.5. The van der Waals surface area contributed by atoms with Crippen LogP contribution in [-0.2, 0) is 6.61 Å². The van der Waals surface area contributed by atoms with Crippen molar-refractivity contribution < 1.29 is 9.15 Å². The average molecular weight is 265 g/mol. The first-order chi connectivity index (χ1) is 8.75. The van der Waals surface area contributed by atoms with Crippen LogP contribution in [0.15, 0.2) is 29.1 Å². The highest BCUT2D eigenvalue weighted by Crippen LogP contribution is 2.24. The first-order valence-corrected chi connectivity index (χ1v) is 5.64. The first-order valence-electron chi connectivity index (χ1n) is 5.26. The van der Waals surface area contributed by atoms with Crippen molar-refractivity contribution in [3.05, 3.63) is 41.2 Å². The second kappa shape index (κ2) is 4.30. The zero-order valence-electron chi connectivity index (χ0n) is 9.50. The molecule has 0 saturated carbocycles. The molecule has 0 bridgehead atoms. The molecule has 0 N–H and O–H groups in total. The molecule has 0 aliphatic carbocycles. The fraction of sp³-hybridized carbons (Fsp3) is 0.182. The van der Waals surface area contributed by atoms with Crippen LogP contribution in [0.1, 0.15) is 11.3 Å². The van der Waals surface area contributed by atoms with Gasteiger partial charge in [-0.1, -0.05) is 11.6 Å². The van der Waals surface area contributed by atoms with Crippen molar-refractivity contribution in [3.8, 4) is 5.88 Å². The molecule has 0 unspecified atom stereocenters. The van der Waals surface area contributed by atoms with E-state index in [0.717, 1.165) is 5.76 Å². The van der Waals surface area contributed by atoms with Gasteiger partial charge in [-0.3, -0.25) is 0 Å². The van der Waals surface area contributed by atoms with Gasteiger partial charge in [0.2, 0.25) is 5.88 Å². The minimum Gasteiger partial charge on any atom is -0.469 e. The van der Waals surface area contributed by atoms with Gasteiger partial charge < -0.3 is 9.15 Å². The van der Waals surface area contributed by atoms with E-state index in [1.54, 1.807) is 12.3 Å². The number of rotatable bonds is 3. The normalized spacial score (nSPS) is 11.0. The summed E-state index contributed by atoms with van der Waals surface area (Å²) in [6, 6.07) is 3.63. The summed E-state index contributed by atoms with van der Waals surface area (Å²) in [5.74, 6) is 1.63. The number of hydrogen-bond acceptors (Lipinski definition) is 5. The molecule has 92 valence electrons. The Morgan fingerprint density at radius 3 is 3.17 bits per heavy atom. The average Bonchev–Trinajstić information content (AvgIpc) is 3.00. The Bertz CT molecular complexity index is 678. The number of ether oxygens (including phenoxy) is 1. The Morgan fingerprint density at radius 1 is 1.50 bits per heavy atom. The molecule has 0 spiro atoms. The summed E-state index contributed by atoms with van der Waals surface area (Å²) in [6.07, 6.45) is 2.99. The van der Waals surface area contributed by atoms with Crippen LogP contribution in [0.5, 0.6) is 5.88 Å². The van der Waals surface area contributed by atoms with Gasteiger partial charge in [0.15, 0.2) is 0 Å². The lowest BCUT2D eigenvalue weighted by molar-refractivity contribution is 0.252. The number of hydrogen-bond donors (Lipinski definition) is 0. The number of furan rings is 1. The van der Waals surface area contributed by atoms with E-state index in [9.17, 15) is 0 Å². The molecule has 6 nitrogen and oxygen atoms in total. The SMILES string of the molecule is Cc1c(Cl)nc2ncnn2c1OCc1ccco1. The van der Waals surface area contributed by atoms with Gasteiger partial charge in [0.1, 0.15) is 23.8 Å². The molecule has 3 heterocycles. The third kappa shape index (κ3) is 1.80. The van der Waals surface area contributed by atoms with E-state index in [1.807, 2.05) is 13.0 Å². The summed E-state index contributed by atoms with van der Waals surface area (Å²) in [5, 5.41) is 4.40. The summed E-state index contributed by atoms with van der Waals surface area (Å²) < 4.78 is 12.4. The van der Waals surface area contributed by atoms with Crippen LogP contribution in [0.25, 0.3) is 5.78 Å². The van der Waals surface area contributed by atoms with E-state index in [-0.39, 0.29) is 0 Å². The molecule has 0 aliphatic rings. The maximum Gasteiger partial charge on any atom is 0.256 e. The molecule has 0 amide bonds. The molecule has 0 aromatic carbocycles. The van der Waals surface area contributed by atoms with E-state index >= 15 is 0 Å². The van der Waals surface area contributed by atoms with Crippen molar-refractivity contribution in [2.45, 2.75) is 13.5 Å². The maximum absolute atomic E-state index is 6.01. The minimum atomic E-state index is 0.295. The molecular formula is C11H9ClN4O2. The predicted molar refractivity (Wildman–Crippen MR) is 63.6 cm³/mol. The van der Waals surface area contributed by atoms with E-state index in [2.05, 4.69) is 15.1 Å². The molecule has 0 aliphatic heterocycles. The summed E-state index contributed by atoms with van der Waals surface area (Å²) in [4.78, 5) is 8.07. The van der Waals surface area contributed by atoms with E-state index in [4.69, 9.17) is 20.8 Å². The van der Waals surface area contributed by atoms with Crippen molar-refractivity contribution >= 4 is 17.4 Å². The third-order valence-corrected chi connectivity index (χ3v) is 2.85. The van der Waals surface area contributed by atoms with Gasteiger partial charge in [-0.05, 0) is 19.1 Å². The molecular weight excluding hydrogens is 256 g/mol. The predicted octanol–water partition coefficient (Wildman–Crippen LogP) is 2.26. The van der Waals surface area contributed by atoms with Crippen LogP contribution >= 0.6 is 11.6 Å². The maximum atomic E-state index is 6.01. The van der Waals surface area contributed by atoms with Gasteiger partial charge in [-0.25, -0.2) is 0 Å². The Labute approximate surface area is 107 Å². The Hall–Kier alpha value is -2.08. The van der Waals surface area contributed by atoms with Crippen molar-refractivity contribution in [2.24, 2.45) is 0 Å². The van der Waals surface area contributed by atoms with Crippen molar-refractivity contribution in [1.82, 2.24) is 19.6 Å². The molecule has 3 rings (SSSR count). The molecule has 3 aromatic heterocycles. The summed E-state index contributed by atoms with van der Waals surface area (Å²) in [7, 11) is 0. The fourth-order valence-electron chi connectivity index (χ4n) is 1.58. The molecule has 0 atom stereocenters. The van der Waals surface area contributed by atoms with Crippen LogP contribution in [0.3, 0.4) is 0 Å². The monoisotopic (exact) mass is 264 g/mol. The van der Waals surface area contributed by atoms with Crippen LogP contribution < -0.4 is 4.74 Å². The second-order valence-electron chi connectivity index (χ2n) is 3.67. The Kier molecular flexibility index (Phi) is 2.64. The van der Waals surface area contributed by atoms with Crippen LogP contribution in [-0.4, -0.2) is 19.6 Å². The van der Waals surface area contributed by atoms with Gasteiger partial charge in [0.25, 0.3) is 5.78 Å². The highest BCUT2D eigenvalue weighted by molar-refractivity contribution is 6.30. The van der Waals surface area contributed by atoms with Crippen molar-refractivity contribution in [2.75, 3.05) is 0 Å². The third-order valence-electron chi connectivity index (χ3n) is 2.48. The van der Waals surface area contributed by atoms with Crippen LogP contribution in [0.4, 0.5) is 0 Å². The number of nitrogens with zero attached hydrogens (tertiary/aromatic N) is 4. The molecule has 18 heavy (non-hydrogen) atoms. The molecule has 0 radical (unpaired) electrons. The molecule has 3 aromatic rings. The largest absolute Gasteiger partial charge is 0.469 e.